The first-order valence-corrected chi connectivity index (χ1v) is 8.47. The van der Waals surface area contributed by atoms with E-state index in [4.69, 9.17) is 4.74 Å². The highest BCUT2D eigenvalue weighted by molar-refractivity contribution is 7.24. The molecule has 0 radical (unpaired) electrons. The summed E-state index contributed by atoms with van der Waals surface area (Å²) < 4.78 is 7.61. The highest BCUT2D eigenvalue weighted by Gasteiger charge is 2.24. The molecule has 2 aromatic carbocycles. The van der Waals surface area contributed by atoms with Crippen LogP contribution in [0.5, 0.6) is 5.75 Å². The van der Waals surface area contributed by atoms with E-state index in [-0.39, 0.29) is 16.8 Å². The number of carbonyl (C=O) groups is 2. The van der Waals surface area contributed by atoms with E-state index in [9.17, 15) is 19.8 Å². The number of hydrogen-bond acceptors (Lipinski definition) is 6. The molecule has 4 rings (SSSR count). The van der Waals surface area contributed by atoms with Crippen LogP contribution in [-0.2, 0) is 0 Å². The lowest BCUT2D eigenvalue weighted by atomic mass is 10.0. The highest BCUT2D eigenvalue weighted by Crippen LogP contribution is 2.39. The number of carboxylic acid groups (broad SMARTS) is 2. The first-order chi connectivity index (χ1) is 12.5. The summed E-state index contributed by atoms with van der Waals surface area (Å²) in [5.74, 6) is -2.50. The lowest BCUT2D eigenvalue weighted by molar-refractivity contribution is -0.259. The van der Waals surface area contributed by atoms with Gasteiger partial charge in [-0.15, -0.1) is 11.3 Å². The Morgan fingerprint density at radius 1 is 0.962 bits per heavy atom. The zero-order valence-electron chi connectivity index (χ0n) is 13.5. The number of hydrogen-bond donors (Lipinski definition) is 0. The molecular formula is C19H11NO5S-2. The van der Waals surface area contributed by atoms with Gasteiger partial charge in [-0.2, -0.15) is 0 Å². The molecule has 0 aliphatic heterocycles. The number of rotatable bonds is 4. The molecular weight excluding hydrogens is 354 g/mol. The molecule has 0 amide bonds. The van der Waals surface area contributed by atoms with Crippen molar-refractivity contribution in [2.75, 3.05) is 7.11 Å². The molecule has 2 heterocycles. The van der Waals surface area contributed by atoms with Crippen LogP contribution >= 0.6 is 11.3 Å². The number of aromatic carboxylic acids is 2. The summed E-state index contributed by atoms with van der Waals surface area (Å²) in [5.41, 5.74) is 0.757. The monoisotopic (exact) mass is 365 g/mol. The first kappa shape index (κ1) is 16.2. The Morgan fingerprint density at radius 2 is 1.62 bits per heavy atom. The van der Waals surface area contributed by atoms with Crippen LogP contribution in [0.1, 0.15) is 20.7 Å². The van der Waals surface area contributed by atoms with Gasteiger partial charge in [0, 0.05) is 11.1 Å². The molecule has 0 spiro atoms. The van der Waals surface area contributed by atoms with Gasteiger partial charge in [0.2, 0.25) is 0 Å². The van der Waals surface area contributed by atoms with E-state index in [2.05, 4.69) is 0 Å². The van der Waals surface area contributed by atoms with Gasteiger partial charge in [-0.05, 0) is 42.0 Å². The number of thiazole rings is 1. The van der Waals surface area contributed by atoms with E-state index < -0.39 is 11.9 Å². The third-order valence-corrected chi connectivity index (χ3v) is 5.36. The fourth-order valence-electron chi connectivity index (χ4n) is 3.12. The van der Waals surface area contributed by atoms with Gasteiger partial charge >= 0.3 is 0 Å². The number of methoxy groups -OCH3 is 1. The molecule has 0 unspecified atom stereocenters. The lowest BCUT2D eigenvalue weighted by Crippen LogP contribution is -2.29. The minimum atomic E-state index is -1.56. The van der Waals surface area contributed by atoms with Crippen LogP contribution in [0.3, 0.4) is 0 Å². The molecule has 0 saturated carbocycles. The minimum Gasteiger partial charge on any atom is -0.545 e. The summed E-state index contributed by atoms with van der Waals surface area (Å²) in [6.45, 7) is 0. The predicted octanol–water partition coefficient (Wildman–Crippen LogP) is 1.56. The number of aromatic nitrogens is 1. The van der Waals surface area contributed by atoms with Crippen molar-refractivity contribution in [1.82, 2.24) is 4.40 Å². The number of carbonyl (C=O) groups excluding carboxylic acids is 2. The van der Waals surface area contributed by atoms with E-state index in [1.807, 2.05) is 24.3 Å². The maximum atomic E-state index is 11.8. The van der Waals surface area contributed by atoms with Crippen molar-refractivity contribution >= 4 is 38.3 Å². The van der Waals surface area contributed by atoms with Gasteiger partial charge in [-0.3, -0.25) is 4.40 Å². The molecule has 4 aromatic rings. The Morgan fingerprint density at radius 3 is 2.23 bits per heavy atom. The van der Waals surface area contributed by atoms with Crippen molar-refractivity contribution < 1.29 is 24.5 Å². The van der Waals surface area contributed by atoms with Crippen molar-refractivity contribution in [2.45, 2.75) is 0 Å². The molecule has 130 valence electrons. The molecule has 0 aliphatic rings. The number of nitrogens with zero attached hydrogens (tertiary/aromatic N) is 1. The van der Waals surface area contributed by atoms with Crippen molar-refractivity contribution in [1.29, 1.82) is 0 Å². The van der Waals surface area contributed by atoms with Gasteiger partial charge in [0.05, 0.1) is 35.0 Å². The molecule has 0 bridgehead atoms. The maximum Gasteiger partial charge on any atom is 0.118 e. The summed E-state index contributed by atoms with van der Waals surface area (Å²) in [6.07, 6.45) is 0. The Kier molecular flexibility index (Phi) is 3.66. The highest BCUT2D eigenvalue weighted by atomic mass is 32.1. The summed E-state index contributed by atoms with van der Waals surface area (Å²) in [6, 6.07) is 14.0. The summed E-state index contributed by atoms with van der Waals surface area (Å²) in [4.78, 5) is 23.8. The summed E-state index contributed by atoms with van der Waals surface area (Å²) in [7, 11) is 1.53. The number of fused-ring (bicyclic) bond motifs is 3. The van der Waals surface area contributed by atoms with Crippen molar-refractivity contribution in [3.63, 3.8) is 0 Å². The van der Waals surface area contributed by atoms with Crippen molar-refractivity contribution in [3.8, 4) is 17.0 Å². The van der Waals surface area contributed by atoms with Crippen LogP contribution in [0.4, 0.5) is 0 Å². The van der Waals surface area contributed by atoms with Crippen LogP contribution in [0, 0.1) is 0 Å². The topological polar surface area (TPSA) is 93.9 Å². The van der Waals surface area contributed by atoms with E-state index in [0.717, 1.165) is 4.70 Å². The fourth-order valence-corrected chi connectivity index (χ4v) is 4.31. The number of carboxylic acids is 2. The Labute approximate surface area is 151 Å². The molecule has 0 N–H and O–H groups in total. The zero-order valence-corrected chi connectivity index (χ0v) is 14.3. The van der Waals surface area contributed by atoms with Crippen molar-refractivity contribution in [3.05, 3.63) is 59.7 Å². The van der Waals surface area contributed by atoms with Crippen molar-refractivity contribution in [2.24, 2.45) is 0 Å². The Bertz CT molecular complexity index is 1170. The molecule has 0 aliphatic carbocycles. The molecule has 0 fully saturated rings. The quantitative estimate of drug-likeness (QED) is 0.547. The van der Waals surface area contributed by atoms with Gasteiger partial charge in [-0.25, -0.2) is 0 Å². The van der Waals surface area contributed by atoms with E-state index in [1.54, 1.807) is 28.7 Å². The second kappa shape index (κ2) is 5.89. The molecule has 0 atom stereocenters. The van der Waals surface area contributed by atoms with Gasteiger partial charge in [0.25, 0.3) is 0 Å². The molecule has 2 aromatic heterocycles. The Balaban J connectivity index is 2.19. The largest absolute Gasteiger partial charge is 0.545 e. The van der Waals surface area contributed by atoms with Crippen LogP contribution in [0.2, 0.25) is 0 Å². The standard InChI is InChI=1S/C19H13NO5S/c1-25-11-8-6-10(7-9-11)16-14(18(21)22)15(19(23)24)17-20(16)12-4-2-3-5-13(12)26-17/h2-9H,1H3,(H,21,22)(H,23,24)/p-2. The maximum absolute atomic E-state index is 11.8. The second-order valence-corrected chi connectivity index (χ2v) is 6.64. The second-order valence-electron chi connectivity index (χ2n) is 5.61. The predicted molar refractivity (Wildman–Crippen MR) is 93.4 cm³/mol. The molecule has 6 nitrogen and oxygen atoms in total. The molecule has 7 heteroatoms. The normalized spacial score (nSPS) is 11.1. The first-order valence-electron chi connectivity index (χ1n) is 7.66. The molecule has 0 saturated heterocycles. The van der Waals surface area contributed by atoms with Gasteiger partial charge in [-0.1, -0.05) is 12.1 Å². The van der Waals surface area contributed by atoms with Crippen LogP contribution < -0.4 is 14.9 Å². The van der Waals surface area contributed by atoms with Crippen LogP contribution in [0.15, 0.2) is 48.5 Å². The summed E-state index contributed by atoms with van der Waals surface area (Å²) in [5, 5.41) is 23.5. The van der Waals surface area contributed by atoms with Crippen LogP contribution in [-0.4, -0.2) is 23.4 Å². The van der Waals surface area contributed by atoms with Gasteiger partial charge in [0.15, 0.2) is 0 Å². The molecule has 26 heavy (non-hydrogen) atoms. The third kappa shape index (κ3) is 2.25. The van der Waals surface area contributed by atoms with E-state index in [0.29, 0.717) is 21.7 Å². The average molecular weight is 365 g/mol. The van der Waals surface area contributed by atoms with Gasteiger partial charge in [0.1, 0.15) is 10.6 Å². The lowest BCUT2D eigenvalue weighted by Gasteiger charge is -2.11. The minimum absolute atomic E-state index is 0.249. The smallest absolute Gasteiger partial charge is 0.118 e. The fraction of sp³-hybridized carbons (Fsp3) is 0.0526. The zero-order chi connectivity index (χ0) is 18.4. The number of benzene rings is 2. The van der Waals surface area contributed by atoms with Crippen LogP contribution in [0.25, 0.3) is 26.3 Å². The van der Waals surface area contributed by atoms with Gasteiger partial charge < -0.3 is 24.5 Å². The Hall–Kier alpha value is -3.32. The number of para-hydroxylation sites is 1. The average Bonchev–Trinajstić information content (AvgIpc) is 3.16. The van der Waals surface area contributed by atoms with E-state index in [1.165, 1.54) is 18.4 Å². The number of ether oxygens (including phenoxy) is 1. The third-order valence-electron chi connectivity index (χ3n) is 4.21. The summed E-state index contributed by atoms with van der Waals surface area (Å²) >= 11 is 1.20. The van der Waals surface area contributed by atoms with E-state index >= 15 is 0 Å². The SMILES string of the molecule is COc1ccc(-c2c(C(=O)[O-])c(C(=O)[O-])c3sc4ccccc4n23)cc1.